The zero-order valence-electron chi connectivity index (χ0n) is 9.76. The van der Waals surface area contributed by atoms with Crippen molar-refractivity contribution in [2.45, 2.75) is 61.0 Å². The van der Waals surface area contributed by atoms with Crippen LogP contribution < -0.4 is 11.4 Å². The standard InChI is InChI=1S/C11H18N4OS/c12-7-1-5-9(6-2-7)17-11-14-13-10(16)15(11)8-3-4-8/h7-9H,1-6,12H2,(H,13,16). The lowest BCUT2D eigenvalue weighted by atomic mass is 9.96. The molecule has 17 heavy (non-hydrogen) atoms. The van der Waals surface area contributed by atoms with Gasteiger partial charge in [-0.2, -0.15) is 0 Å². The van der Waals surface area contributed by atoms with Crippen molar-refractivity contribution in [3.63, 3.8) is 0 Å². The van der Waals surface area contributed by atoms with E-state index in [9.17, 15) is 4.79 Å². The Labute approximate surface area is 104 Å². The number of aromatic nitrogens is 3. The van der Waals surface area contributed by atoms with Crippen LogP contribution in [-0.4, -0.2) is 26.1 Å². The third-order valence-corrected chi connectivity index (χ3v) is 4.88. The summed E-state index contributed by atoms with van der Waals surface area (Å²) in [6, 6.07) is 0.770. The van der Waals surface area contributed by atoms with Crippen molar-refractivity contribution in [2.24, 2.45) is 5.73 Å². The maximum atomic E-state index is 11.6. The van der Waals surface area contributed by atoms with Crippen LogP contribution in [0.2, 0.25) is 0 Å². The van der Waals surface area contributed by atoms with Gasteiger partial charge in [-0.25, -0.2) is 9.89 Å². The molecule has 2 fully saturated rings. The summed E-state index contributed by atoms with van der Waals surface area (Å²) in [5.41, 5.74) is 5.84. The van der Waals surface area contributed by atoms with Crippen molar-refractivity contribution in [3.05, 3.63) is 10.5 Å². The van der Waals surface area contributed by atoms with Gasteiger partial charge in [0.15, 0.2) is 5.16 Å². The molecule has 0 atom stereocenters. The summed E-state index contributed by atoms with van der Waals surface area (Å²) in [4.78, 5) is 11.6. The SMILES string of the molecule is NC1CCC(Sc2n[nH]c(=O)n2C2CC2)CC1. The van der Waals surface area contributed by atoms with Gasteiger partial charge in [0.2, 0.25) is 0 Å². The van der Waals surface area contributed by atoms with Crippen LogP contribution in [0.5, 0.6) is 0 Å². The van der Waals surface area contributed by atoms with E-state index in [1.807, 2.05) is 4.57 Å². The number of aromatic amines is 1. The summed E-state index contributed by atoms with van der Waals surface area (Å²) in [5, 5.41) is 8.16. The van der Waals surface area contributed by atoms with Crippen LogP contribution >= 0.6 is 11.8 Å². The van der Waals surface area contributed by atoms with E-state index in [-0.39, 0.29) is 5.69 Å². The van der Waals surface area contributed by atoms with Gasteiger partial charge in [-0.3, -0.25) is 4.57 Å². The highest BCUT2D eigenvalue weighted by molar-refractivity contribution is 7.99. The van der Waals surface area contributed by atoms with Gasteiger partial charge in [0.25, 0.3) is 0 Å². The fraction of sp³-hybridized carbons (Fsp3) is 0.818. The molecular formula is C11H18N4OS. The van der Waals surface area contributed by atoms with E-state index in [2.05, 4.69) is 10.2 Å². The molecule has 0 radical (unpaired) electrons. The fourth-order valence-corrected chi connectivity index (χ4v) is 3.63. The second kappa shape index (κ2) is 4.49. The summed E-state index contributed by atoms with van der Waals surface area (Å²) in [6.07, 6.45) is 6.69. The third-order valence-electron chi connectivity index (χ3n) is 3.58. The molecule has 5 nitrogen and oxygen atoms in total. The number of hydrogen-bond donors (Lipinski definition) is 2. The summed E-state index contributed by atoms with van der Waals surface area (Å²) in [7, 11) is 0. The van der Waals surface area contributed by atoms with E-state index in [0.717, 1.165) is 43.7 Å². The lowest BCUT2D eigenvalue weighted by Crippen LogP contribution is -2.27. The van der Waals surface area contributed by atoms with Gasteiger partial charge in [0, 0.05) is 17.3 Å². The van der Waals surface area contributed by atoms with Crippen LogP contribution in [0.25, 0.3) is 0 Å². The molecule has 2 aliphatic rings. The highest BCUT2D eigenvalue weighted by Crippen LogP contribution is 2.38. The minimum absolute atomic E-state index is 0.0532. The Hall–Kier alpha value is -0.750. The summed E-state index contributed by atoms with van der Waals surface area (Å²) in [5.74, 6) is 0. The molecule has 3 N–H and O–H groups in total. The minimum Gasteiger partial charge on any atom is -0.328 e. The quantitative estimate of drug-likeness (QED) is 0.851. The summed E-state index contributed by atoms with van der Waals surface area (Å²) >= 11 is 1.75. The molecule has 1 aromatic heterocycles. The van der Waals surface area contributed by atoms with E-state index in [1.54, 1.807) is 11.8 Å². The smallest absolute Gasteiger partial charge is 0.328 e. The van der Waals surface area contributed by atoms with Crippen molar-refractivity contribution < 1.29 is 0 Å². The topological polar surface area (TPSA) is 76.7 Å². The first kappa shape index (κ1) is 11.3. The molecule has 0 bridgehead atoms. The van der Waals surface area contributed by atoms with Crippen LogP contribution in [0, 0.1) is 0 Å². The highest BCUT2D eigenvalue weighted by Gasteiger charge is 2.30. The van der Waals surface area contributed by atoms with E-state index in [4.69, 9.17) is 5.73 Å². The summed E-state index contributed by atoms with van der Waals surface area (Å²) in [6.45, 7) is 0. The molecule has 94 valence electrons. The lowest BCUT2D eigenvalue weighted by molar-refractivity contribution is 0.449. The van der Waals surface area contributed by atoms with Crippen molar-refractivity contribution in [1.29, 1.82) is 0 Å². The van der Waals surface area contributed by atoms with Gasteiger partial charge in [-0.05, 0) is 38.5 Å². The van der Waals surface area contributed by atoms with E-state index < -0.39 is 0 Å². The van der Waals surface area contributed by atoms with Crippen LogP contribution in [0.3, 0.4) is 0 Å². The Morgan fingerprint density at radius 1 is 1.24 bits per heavy atom. The number of H-pyrrole nitrogens is 1. The largest absolute Gasteiger partial charge is 0.344 e. The Balaban J connectivity index is 1.70. The molecule has 0 aliphatic heterocycles. The van der Waals surface area contributed by atoms with Gasteiger partial charge in [0.05, 0.1) is 0 Å². The molecule has 0 spiro atoms. The number of nitrogens with one attached hydrogen (secondary N) is 1. The van der Waals surface area contributed by atoms with E-state index in [0.29, 0.717) is 17.3 Å². The van der Waals surface area contributed by atoms with Gasteiger partial charge in [0.1, 0.15) is 0 Å². The molecule has 1 aromatic rings. The van der Waals surface area contributed by atoms with Crippen LogP contribution in [0.4, 0.5) is 0 Å². The number of nitrogens with zero attached hydrogens (tertiary/aromatic N) is 2. The zero-order chi connectivity index (χ0) is 11.8. The van der Waals surface area contributed by atoms with Crippen LogP contribution in [-0.2, 0) is 0 Å². The van der Waals surface area contributed by atoms with Crippen molar-refractivity contribution >= 4 is 11.8 Å². The molecule has 1 heterocycles. The molecule has 3 rings (SSSR count). The van der Waals surface area contributed by atoms with Crippen molar-refractivity contribution in [1.82, 2.24) is 14.8 Å². The van der Waals surface area contributed by atoms with Gasteiger partial charge < -0.3 is 5.73 Å². The normalized spacial score (nSPS) is 29.5. The second-order valence-corrected chi connectivity index (χ2v) is 6.33. The summed E-state index contributed by atoms with van der Waals surface area (Å²) < 4.78 is 1.83. The van der Waals surface area contributed by atoms with Crippen molar-refractivity contribution in [3.8, 4) is 0 Å². The molecule has 0 unspecified atom stereocenters. The fourth-order valence-electron chi connectivity index (χ4n) is 2.38. The molecular weight excluding hydrogens is 236 g/mol. The number of thioether (sulfide) groups is 1. The Morgan fingerprint density at radius 3 is 2.59 bits per heavy atom. The maximum Gasteiger partial charge on any atom is 0.344 e. The maximum absolute atomic E-state index is 11.6. The van der Waals surface area contributed by atoms with E-state index >= 15 is 0 Å². The Kier molecular flexibility index (Phi) is 3.00. The molecule has 6 heteroatoms. The molecule has 0 amide bonds. The number of hydrogen-bond acceptors (Lipinski definition) is 4. The highest BCUT2D eigenvalue weighted by atomic mass is 32.2. The minimum atomic E-state index is -0.0532. The van der Waals surface area contributed by atoms with E-state index in [1.165, 1.54) is 0 Å². The Morgan fingerprint density at radius 2 is 1.94 bits per heavy atom. The lowest BCUT2D eigenvalue weighted by Gasteiger charge is -2.25. The molecule has 2 aliphatic carbocycles. The Bertz CT molecular complexity index is 443. The predicted molar refractivity (Wildman–Crippen MR) is 67.2 cm³/mol. The van der Waals surface area contributed by atoms with Gasteiger partial charge >= 0.3 is 5.69 Å². The average molecular weight is 254 g/mol. The van der Waals surface area contributed by atoms with Crippen molar-refractivity contribution in [2.75, 3.05) is 0 Å². The molecule has 0 aromatic carbocycles. The monoisotopic (exact) mass is 254 g/mol. The second-order valence-electron chi connectivity index (χ2n) is 5.07. The first-order chi connectivity index (χ1) is 8.24. The number of rotatable bonds is 3. The van der Waals surface area contributed by atoms with Gasteiger partial charge in [-0.1, -0.05) is 11.8 Å². The number of nitrogens with two attached hydrogens (primary N) is 1. The molecule has 2 saturated carbocycles. The van der Waals surface area contributed by atoms with Crippen LogP contribution in [0.15, 0.2) is 9.95 Å². The predicted octanol–water partition coefficient (Wildman–Crippen LogP) is 1.27. The van der Waals surface area contributed by atoms with Crippen LogP contribution in [0.1, 0.15) is 44.6 Å². The first-order valence-corrected chi connectivity index (χ1v) is 7.21. The third kappa shape index (κ3) is 2.42. The average Bonchev–Trinajstić information content (AvgIpc) is 3.08. The molecule has 0 saturated heterocycles. The van der Waals surface area contributed by atoms with Gasteiger partial charge in [-0.15, -0.1) is 5.10 Å². The first-order valence-electron chi connectivity index (χ1n) is 6.33. The zero-order valence-corrected chi connectivity index (χ0v) is 10.6.